The summed E-state index contributed by atoms with van der Waals surface area (Å²) in [5.74, 6) is 0. The minimum Gasteiger partial charge on any atom is -0.272 e. The molecule has 0 fully saturated rings. The van der Waals surface area contributed by atoms with E-state index in [0.29, 0.717) is 6.54 Å². The number of aromatic nitrogens is 2. The minimum absolute atomic E-state index is 0.117. The average Bonchev–Trinajstić information content (AvgIpc) is 2.64. The lowest BCUT2D eigenvalue weighted by Crippen LogP contribution is -2.41. The van der Waals surface area contributed by atoms with Gasteiger partial charge in [0.05, 0.1) is 6.20 Å². The van der Waals surface area contributed by atoms with E-state index in [9.17, 15) is 8.42 Å². The molecule has 1 atom stereocenters. The average molecular weight is 259 g/mol. The molecular weight excluding hydrogens is 238 g/mol. The molecule has 0 aliphatic heterocycles. The van der Waals surface area contributed by atoms with E-state index in [1.54, 1.807) is 4.68 Å². The van der Waals surface area contributed by atoms with Crippen LogP contribution < -0.4 is 4.72 Å². The maximum Gasteiger partial charge on any atom is 0.243 e. The largest absolute Gasteiger partial charge is 0.272 e. The number of sulfonamides is 1. The van der Waals surface area contributed by atoms with Gasteiger partial charge in [-0.05, 0) is 19.3 Å². The molecule has 0 spiro atoms. The van der Waals surface area contributed by atoms with E-state index < -0.39 is 10.0 Å². The van der Waals surface area contributed by atoms with Crippen molar-refractivity contribution in [3.63, 3.8) is 0 Å². The van der Waals surface area contributed by atoms with E-state index in [0.717, 1.165) is 0 Å². The van der Waals surface area contributed by atoms with Gasteiger partial charge in [0.2, 0.25) is 10.0 Å². The van der Waals surface area contributed by atoms with Crippen LogP contribution in [0.4, 0.5) is 0 Å². The third kappa shape index (κ3) is 3.54. The van der Waals surface area contributed by atoms with Gasteiger partial charge in [-0.25, -0.2) is 13.1 Å². The van der Waals surface area contributed by atoms with Crippen LogP contribution in [0.1, 0.15) is 34.6 Å². The topological polar surface area (TPSA) is 64.0 Å². The Bertz CT molecular complexity index is 471. The molecule has 1 rings (SSSR count). The van der Waals surface area contributed by atoms with Gasteiger partial charge >= 0.3 is 0 Å². The number of hydrogen-bond donors (Lipinski definition) is 1. The van der Waals surface area contributed by atoms with Crippen molar-refractivity contribution in [2.45, 2.75) is 52.1 Å². The summed E-state index contributed by atoms with van der Waals surface area (Å²) in [7, 11) is -3.47. The van der Waals surface area contributed by atoms with Crippen molar-refractivity contribution in [1.82, 2.24) is 14.5 Å². The van der Waals surface area contributed by atoms with Gasteiger partial charge < -0.3 is 0 Å². The van der Waals surface area contributed by atoms with Gasteiger partial charge in [-0.1, -0.05) is 20.8 Å². The van der Waals surface area contributed by atoms with Crippen LogP contribution in [0.15, 0.2) is 17.3 Å². The Kier molecular flexibility index (Phi) is 3.99. The molecule has 0 saturated heterocycles. The summed E-state index contributed by atoms with van der Waals surface area (Å²) >= 11 is 0. The summed E-state index contributed by atoms with van der Waals surface area (Å²) in [5, 5.41) is 3.97. The van der Waals surface area contributed by atoms with Crippen molar-refractivity contribution in [1.29, 1.82) is 0 Å². The molecule has 0 saturated carbocycles. The summed E-state index contributed by atoms with van der Waals surface area (Å²) in [6.45, 7) is 10.4. The number of hydrogen-bond acceptors (Lipinski definition) is 3. The van der Waals surface area contributed by atoms with Crippen LogP contribution in [-0.2, 0) is 16.6 Å². The highest BCUT2D eigenvalue weighted by Gasteiger charge is 2.26. The van der Waals surface area contributed by atoms with E-state index in [1.165, 1.54) is 12.4 Å². The second-order valence-electron chi connectivity index (χ2n) is 5.24. The molecule has 1 aromatic heterocycles. The Balaban J connectivity index is 2.89. The number of aryl methyl sites for hydroxylation is 1. The highest BCUT2D eigenvalue weighted by atomic mass is 32.2. The molecule has 1 N–H and O–H groups in total. The Morgan fingerprint density at radius 3 is 2.47 bits per heavy atom. The van der Waals surface area contributed by atoms with Gasteiger partial charge in [0, 0.05) is 18.8 Å². The van der Waals surface area contributed by atoms with Gasteiger partial charge in [-0.2, -0.15) is 5.10 Å². The standard InChI is InChI=1S/C11H21N3O2S/c1-6-14-8-10(7-12-14)17(15,16)13-9(2)11(3,4)5/h7-9,13H,6H2,1-5H3. The molecule has 0 aliphatic rings. The molecule has 0 amide bonds. The van der Waals surface area contributed by atoms with Crippen LogP contribution in [0.3, 0.4) is 0 Å². The van der Waals surface area contributed by atoms with E-state index in [4.69, 9.17) is 0 Å². The van der Waals surface area contributed by atoms with E-state index in [-0.39, 0.29) is 16.4 Å². The molecule has 0 radical (unpaired) electrons. The third-order valence-corrected chi connectivity index (χ3v) is 4.37. The first-order chi connectivity index (χ1) is 7.66. The van der Waals surface area contributed by atoms with Crippen LogP contribution in [0.5, 0.6) is 0 Å². The van der Waals surface area contributed by atoms with E-state index >= 15 is 0 Å². The molecule has 0 aliphatic carbocycles. The first kappa shape index (κ1) is 14.2. The zero-order valence-corrected chi connectivity index (χ0v) is 11.9. The minimum atomic E-state index is -3.47. The normalized spacial score (nSPS) is 14.9. The molecule has 98 valence electrons. The molecule has 1 heterocycles. The number of rotatable bonds is 4. The third-order valence-electron chi connectivity index (χ3n) is 2.87. The van der Waals surface area contributed by atoms with Crippen LogP contribution in [0.25, 0.3) is 0 Å². The maximum absolute atomic E-state index is 12.1. The fraction of sp³-hybridized carbons (Fsp3) is 0.727. The van der Waals surface area contributed by atoms with Crippen molar-refractivity contribution in [2.75, 3.05) is 0 Å². The summed E-state index contributed by atoms with van der Waals surface area (Å²) < 4.78 is 28.4. The molecule has 6 heteroatoms. The van der Waals surface area contributed by atoms with Crippen LogP contribution in [0.2, 0.25) is 0 Å². The second-order valence-corrected chi connectivity index (χ2v) is 6.95. The Labute approximate surface area is 103 Å². The summed E-state index contributed by atoms with van der Waals surface area (Å²) in [5.41, 5.74) is -0.117. The zero-order valence-electron chi connectivity index (χ0n) is 11.1. The van der Waals surface area contributed by atoms with Gasteiger partial charge in [-0.3, -0.25) is 4.68 Å². The van der Waals surface area contributed by atoms with Crippen molar-refractivity contribution < 1.29 is 8.42 Å². The Morgan fingerprint density at radius 2 is 2.06 bits per heavy atom. The summed E-state index contributed by atoms with van der Waals surface area (Å²) in [4.78, 5) is 0.218. The van der Waals surface area contributed by atoms with E-state index in [2.05, 4.69) is 9.82 Å². The van der Waals surface area contributed by atoms with Crippen molar-refractivity contribution in [3.05, 3.63) is 12.4 Å². The lowest BCUT2D eigenvalue weighted by molar-refractivity contribution is 0.317. The van der Waals surface area contributed by atoms with Gasteiger partial charge in [0.15, 0.2) is 0 Å². The van der Waals surface area contributed by atoms with Crippen LogP contribution in [-0.4, -0.2) is 24.2 Å². The SMILES string of the molecule is CCn1cc(S(=O)(=O)NC(C)C(C)(C)C)cn1. The van der Waals surface area contributed by atoms with Crippen molar-refractivity contribution in [3.8, 4) is 0 Å². The second kappa shape index (κ2) is 4.78. The smallest absolute Gasteiger partial charge is 0.243 e. The molecular formula is C11H21N3O2S. The molecule has 17 heavy (non-hydrogen) atoms. The van der Waals surface area contributed by atoms with Crippen LogP contribution in [0, 0.1) is 5.41 Å². The fourth-order valence-electron chi connectivity index (χ4n) is 1.13. The van der Waals surface area contributed by atoms with Gasteiger partial charge in [0.25, 0.3) is 0 Å². The lowest BCUT2D eigenvalue weighted by atomic mass is 9.89. The molecule has 5 nitrogen and oxygen atoms in total. The van der Waals surface area contributed by atoms with Gasteiger partial charge in [0.1, 0.15) is 4.90 Å². The first-order valence-corrected chi connectivity index (χ1v) is 7.20. The monoisotopic (exact) mass is 259 g/mol. The zero-order chi connectivity index (χ0) is 13.3. The highest BCUT2D eigenvalue weighted by Crippen LogP contribution is 2.20. The summed E-state index contributed by atoms with van der Waals surface area (Å²) in [6.07, 6.45) is 2.92. The number of nitrogens with zero attached hydrogens (tertiary/aromatic N) is 2. The fourth-order valence-corrected chi connectivity index (χ4v) is 2.54. The van der Waals surface area contributed by atoms with E-state index in [1.807, 2.05) is 34.6 Å². The maximum atomic E-state index is 12.1. The molecule has 0 aromatic carbocycles. The molecule has 1 unspecified atom stereocenters. The lowest BCUT2D eigenvalue weighted by Gasteiger charge is -2.27. The molecule has 1 aromatic rings. The van der Waals surface area contributed by atoms with Crippen molar-refractivity contribution >= 4 is 10.0 Å². The quantitative estimate of drug-likeness (QED) is 0.893. The highest BCUT2D eigenvalue weighted by molar-refractivity contribution is 7.89. The number of nitrogens with one attached hydrogen (secondary N) is 1. The summed E-state index contributed by atoms with van der Waals surface area (Å²) in [6, 6.07) is -0.141. The first-order valence-electron chi connectivity index (χ1n) is 5.71. The van der Waals surface area contributed by atoms with Gasteiger partial charge in [-0.15, -0.1) is 0 Å². The predicted molar refractivity (Wildman–Crippen MR) is 67.1 cm³/mol. The predicted octanol–water partition coefficient (Wildman–Crippen LogP) is 1.62. The van der Waals surface area contributed by atoms with Crippen LogP contribution >= 0.6 is 0 Å². The van der Waals surface area contributed by atoms with Crippen molar-refractivity contribution in [2.24, 2.45) is 5.41 Å². The molecule has 0 bridgehead atoms. The Hall–Kier alpha value is -0.880. The Morgan fingerprint density at radius 1 is 1.47 bits per heavy atom.